The van der Waals surface area contributed by atoms with Gasteiger partial charge in [-0.25, -0.2) is 12.8 Å². The summed E-state index contributed by atoms with van der Waals surface area (Å²) in [6, 6.07) is 16.9. The number of piperazine rings is 1. The number of benzene rings is 3. The fourth-order valence-corrected chi connectivity index (χ4v) is 5.12. The first-order valence-electron chi connectivity index (χ1n) is 9.13. The molecule has 3 aromatic rings. The van der Waals surface area contributed by atoms with Crippen LogP contribution < -0.4 is 0 Å². The first kappa shape index (κ1) is 18.9. The highest BCUT2D eigenvalue weighted by Gasteiger charge is 2.30. The zero-order chi connectivity index (χ0) is 19.7. The largest absolute Gasteiger partial charge is 0.508 e. The summed E-state index contributed by atoms with van der Waals surface area (Å²) >= 11 is 0. The molecular formula is C21H21FN2O3S. The van der Waals surface area contributed by atoms with Crippen molar-refractivity contribution in [2.24, 2.45) is 0 Å². The van der Waals surface area contributed by atoms with E-state index in [1.165, 1.54) is 22.5 Å². The van der Waals surface area contributed by atoms with Gasteiger partial charge in [-0.15, -0.1) is 0 Å². The van der Waals surface area contributed by atoms with Gasteiger partial charge in [-0.3, -0.25) is 4.90 Å². The number of rotatable bonds is 4. The second-order valence-electron chi connectivity index (χ2n) is 6.90. The van der Waals surface area contributed by atoms with Gasteiger partial charge < -0.3 is 5.11 Å². The van der Waals surface area contributed by atoms with Crippen LogP contribution in [0, 0.1) is 5.82 Å². The minimum atomic E-state index is -3.85. The summed E-state index contributed by atoms with van der Waals surface area (Å²) in [5.41, 5.74) is 0.837. The normalized spacial score (nSPS) is 16.5. The van der Waals surface area contributed by atoms with Gasteiger partial charge in [-0.05, 0) is 29.0 Å². The lowest BCUT2D eigenvalue weighted by Crippen LogP contribution is -2.48. The van der Waals surface area contributed by atoms with Crippen molar-refractivity contribution in [1.82, 2.24) is 9.21 Å². The van der Waals surface area contributed by atoms with Gasteiger partial charge >= 0.3 is 0 Å². The molecule has 1 fully saturated rings. The molecule has 7 heteroatoms. The fraction of sp³-hybridized carbons (Fsp3) is 0.238. The number of hydrogen-bond acceptors (Lipinski definition) is 4. The molecule has 1 saturated heterocycles. The van der Waals surface area contributed by atoms with Crippen LogP contribution in [0.15, 0.2) is 65.6 Å². The summed E-state index contributed by atoms with van der Waals surface area (Å²) in [5.74, 6) is -0.495. The van der Waals surface area contributed by atoms with Crippen molar-refractivity contribution >= 4 is 20.8 Å². The van der Waals surface area contributed by atoms with Crippen LogP contribution >= 0.6 is 0 Å². The lowest BCUT2D eigenvalue weighted by atomic mass is 10.0. The van der Waals surface area contributed by atoms with Gasteiger partial charge in [0.05, 0.1) is 0 Å². The van der Waals surface area contributed by atoms with Gasteiger partial charge in [-0.1, -0.05) is 42.5 Å². The van der Waals surface area contributed by atoms with E-state index in [1.54, 1.807) is 6.07 Å². The molecule has 1 aliphatic rings. The molecule has 0 unspecified atom stereocenters. The van der Waals surface area contributed by atoms with Crippen LogP contribution in [0.3, 0.4) is 0 Å². The van der Waals surface area contributed by atoms with E-state index in [9.17, 15) is 17.9 Å². The second-order valence-corrected chi connectivity index (χ2v) is 8.80. The van der Waals surface area contributed by atoms with Crippen molar-refractivity contribution in [3.05, 3.63) is 72.0 Å². The minimum Gasteiger partial charge on any atom is -0.508 e. The zero-order valence-corrected chi connectivity index (χ0v) is 16.1. The molecule has 0 aromatic heterocycles. The van der Waals surface area contributed by atoms with Crippen LogP contribution in [0.1, 0.15) is 5.56 Å². The van der Waals surface area contributed by atoms with Crippen LogP contribution in [-0.2, 0) is 16.6 Å². The monoisotopic (exact) mass is 400 g/mol. The summed E-state index contributed by atoms with van der Waals surface area (Å²) in [6.07, 6.45) is 0. The Morgan fingerprint density at radius 1 is 0.893 bits per heavy atom. The quantitative estimate of drug-likeness (QED) is 0.731. The van der Waals surface area contributed by atoms with Gasteiger partial charge in [0.1, 0.15) is 16.5 Å². The first-order chi connectivity index (χ1) is 13.5. The van der Waals surface area contributed by atoms with Gasteiger partial charge in [0.15, 0.2) is 0 Å². The average molecular weight is 400 g/mol. The smallest absolute Gasteiger partial charge is 0.246 e. The predicted molar refractivity (Wildman–Crippen MR) is 106 cm³/mol. The third kappa shape index (κ3) is 3.48. The number of aromatic hydroxyl groups is 1. The Morgan fingerprint density at radius 3 is 2.32 bits per heavy atom. The molecule has 1 N–H and O–H groups in total. The Morgan fingerprint density at radius 2 is 1.57 bits per heavy atom. The van der Waals surface area contributed by atoms with E-state index in [4.69, 9.17) is 0 Å². The third-order valence-electron chi connectivity index (χ3n) is 5.18. The number of sulfonamides is 1. The Bertz CT molecular complexity index is 1110. The molecule has 28 heavy (non-hydrogen) atoms. The van der Waals surface area contributed by atoms with Gasteiger partial charge in [0.25, 0.3) is 0 Å². The van der Waals surface area contributed by atoms with Crippen LogP contribution in [-0.4, -0.2) is 48.9 Å². The molecule has 0 saturated carbocycles. The van der Waals surface area contributed by atoms with Crippen molar-refractivity contribution in [2.75, 3.05) is 26.2 Å². The standard InChI is InChI=1S/C21H21FN2O3S/c22-19-7-3-4-8-21(19)28(26,27)24-13-11-23(12-14-24)15-18-17-6-2-1-5-16(17)9-10-20(18)25/h1-10,25H,11-15H2. The molecule has 1 aliphatic heterocycles. The van der Waals surface area contributed by atoms with Crippen LogP contribution in [0.4, 0.5) is 4.39 Å². The van der Waals surface area contributed by atoms with E-state index in [-0.39, 0.29) is 23.7 Å². The summed E-state index contributed by atoms with van der Waals surface area (Å²) in [4.78, 5) is 1.82. The van der Waals surface area contributed by atoms with E-state index in [1.807, 2.05) is 30.3 Å². The van der Waals surface area contributed by atoms with Crippen molar-refractivity contribution < 1.29 is 17.9 Å². The van der Waals surface area contributed by atoms with Crippen LogP contribution in [0.2, 0.25) is 0 Å². The predicted octanol–water partition coefficient (Wildman–Crippen LogP) is 3.19. The van der Waals surface area contributed by atoms with Crippen molar-refractivity contribution in [3.8, 4) is 5.75 Å². The molecule has 4 rings (SSSR count). The Labute approximate surface area is 163 Å². The van der Waals surface area contributed by atoms with Gasteiger partial charge in [0.2, 0.25) is 10.0 Å². The maximum absolute atomic E-state index is 14.0. The molecule has 0 spiro atoms. The number of halogens is 1. The van der Waals surface area contributed by atoms with Crippen molar-refractivity contribution in [1.29, 1.82) is 0 Å². The molecular weight excluding hydrogens is 379 g/mol. The Balaban J connectivity index is 1.50. The molecule has 5 nitrogen and oxygen atoms in total. The molecule has 146 valence electrons. The van der Waals surface area contributed by atoms with Crippen LogP contribution in [0.5, 0.6) is 5.75 Å². The van der Waals surface area contributed by atoms with Crippen molar-refractivity contribution in [2.45, 2.75) is 11.4 Å². The van der Waals surface area contributed by atoms with Gasteiger partial charge in [-0.2, -0.15) is 4.31 Å². The summed E-state index contributed by atoms with van der Waals surface area (Å²) in [6.45, 7) is 2.11. The highest BCUT2D eigenvalue weighted by atomic mass is 32.2. The average Bonchev–Trinajstić information content (AvgIpc) is 2.71. The summed E-state index contributed by atoms with van der Waals surface area (Å²) in [7, 11) is -3.85. The lowest BCUT2D eigenvalue weighted by molar-refractivity contribution is 0.180. The van der Waals surface area contributed by atoms with E-state index < -0.39 is 15.8 Å². The van der Waals surface area contributed by atoms with Crippen LogP contribution in [0.25, 0.3) is 10.8 Å². The summed E-state index contributed by atoms with van der Waals surface area (Å²) in [5, 5.41) is 12.4. The topological polar surface area (TPSA) is 60.9 Å². The SMILES string of the molecule is O=S(=O)(c1ccccc1F)N1CCN(Cc2c(O)ccc3ccccc23)CC1. The van der Waals surface area contributed by atoms with E-state index >= 15 is 0 Å². The number of nitrogens with zero attached hydrogens (tertiary/aromatic N) is 2. The zero-order valence-electron chi connectivity index (χ0n) is 15.3. The summed E-state index contributed by atoms with van der Waals surface area (Å²) < 4.78 is 40.7. The molecule has 0 atom stereocenters. The Hall–Kier alpha value is -2.48. The fourth-order valence-electron chi connectivity index (χ4n) is 3.64. The first-order valence-corrected chi connectivity index (χ1v) is 10.6. The maximum Gasteiger partial charge on any atom is 0.246 e. The maximum atomic E-state index is 14.0. The highest BCUT2D eigenvalue weighted by molar-refractivity contribution is 7.89. The highest BCUT2D eigenvalue weighted by Crippen LogP contribution is 2.29. The number of phenols is 1. The number of hydrogen-bond donors (Lipinski definition) is 1. The third-order valence-corrected chi connectivity index (χ3v) is 7.12. The minimum absolute atomic E-state index is 0.236. The molecule has 3 aromatic carbocycles. The molecule has 0 bridgehead atoms. The number of phenolic OH excluding ortho intramolecular Hbond substituents is 1. The van der Waals surface area contributed by atoms with Crippen molar-refractivity contribution in [3.63, 3.8) is 0 Å². The van der Waals surface area contributed by atoms with Gasteiger partial charge in [0, 0.05) is 38.3 Å². The molecule has 1 heterocycles. The van der Waals surface area contributed by atoms with E-state index in [0.29, 0.717) is 19.6 Å². The lowest BCUT2D eigenvalue weighted by Gasteiger charge is -2.34. The van der Waals surface area contributed by atoms with E-state index in [0.717, 1.165) is 22.4 Å². The number of fused-ring (bicyclic) bond motifs is 1. The molecule has 0 radical (unpaired) electrons. The Kier molecular flexibility index (Phi) is 5.05. The molecule has 0 amide bonds. The second kappa shape index (κ2) is 7.50. The van der Waals surface area contributed by atoms with E-state index in [2.05, 4.69) is 4.90 Å². The molecule has 0 aliphatic carbocycles.